The van der Waals surface area contributed by atoms with Gasteiger partial charge in [-0.05, 0) is 67.4 Å². The molecule has 0 aliphatic carbocycles. The van der Waals surface area contributed by atoms with Gasteiger partial charge < -0.3 is 14.4 Å². The number of hydrogen-bond donors (Lipinski definition) is 0. The van der Waals surface area contributed by atoms with Crippen LogP contribution in [0.1, 0.15) is 35.3 Å². The SMILES string of the molecule is CC(C)OC(=O)c1cccnc1N1CCN(Cc2cccc(OCc3cc(Cl)cc(Cl)c3)c2)CC1. The van der Waals surface area contributed by atoms with E-state index >= 15 is 0 Å². The van der Waals surface area contributed by atoms with Crippen LogP contribution in [0.5, 0.6) is 5.75 Å². The Hall–Kier alpha value is -2.80. The summed E-state index contributed by atoms with van der Waals surface area (Å²) in [7, 11) is 0. The first kappa shape index (κ1) is 25.3. The van der Waals surface area contributed by atoms with Gasteiger partial charge in [0, 0.05) is 49.0 Å². The Morgan fingerprint density at radius 2 is 1.71 bits per heavy atom. The van der Waals surface area contributed by atoms with E-state index in [1.54, 1.807) is 24.4 Å². The van der Waals surface area contributed by atoms with E-state index in [-0.39, 0.29) is 12.1 Å². The predicted octanol–water partition coefficient (Wildman–Crippen LogP) is 5.85. The van der Waals surface area contributed by atoms with Gasteiger partial charge in [-0.25, -0.2) is 9.78 Å². The normalized spacial score (nSPS) is 14.3. The van der Waals surface area contributed by atoms with Crippen molar-refractivity contribution >= 4 is 35.0 Å². The third-order valence-corrected chi connectivity index (χ3v) is 6.09. The lowest BCUT2D eigenvalue weighted by molar-refractivity contribution is 0.0378. The molecule has 8 heteroatoms. The Labute approximate surface area is 216 Å². The van der Waals surface area contributed by atoms with Crippen LogP contribution < -0.4 is 9.64 Å². The largest absolute Gasteiger partial charge is 0.489 e. The minimum absolute atomic E-state index is 0.171. The lowest BCUT2D eigenvalue weighted by atomic mass is 10.1. The second-order valence-electron chi connectivity index (χ2n) is 8.81. The van der Waals surface area contributed by atoms with Crippen molar-refractivity contribution in [3.8, 4) is 5.75 Å². The Morgan fingerprint density at radius 1 is 0.971 bits per heavy atom. The average molecular weight is 514 g/mol. The number of halogens is 2. The fraction of sp³-hybridized carbons (Fsp3) is 0.333. The molecular weight excluding hydrogens is 485 g/mol. The van der Waals surface area contributed by atoms with Crippen LogP contribution >= 0.6 is 23.2 Å². The number of aromatic nitrogens is 1. The molecule has 0 atom stereocenters. The number of nitrogens with zero attached hydrogens (tertiary/aromatic N) is 3. The minimum atomic E-state index is -0.331. The van der Waals surface area contributed by atoms with E-state index in [1.165, 1.54) is 5.56 Å². The van der Waals surface area contributed by atoms with Gasteiger partial charge in [0.25, 0.3) is 0 Å². The summed E-state index contributed by atoms with van der Waals surface area (Å²) in [6, 6.07) is 17.1. The van der Waals surface area contributed by atoms with Gasteiger partial charge in [-0.15, -0.1) is 0 Å². The van der Waals surface area contributed by atoms with Crippen molar-refractivity contribution < 1.29 is 14.3 Å². The Bertz CT molecular complexity index is 1140. The number of carbonyl (C=O) groups excluding carboxylic acids is 1. The molecule has 1 aromatic heterocycles. The maximum atomic E-state index is 12.5. The zero-order chi connectivity index (χ0) is 24.8. The number of piperazine rings is 1. The molecule has 2 heterocycles. The van der Waals surface area contributed by atoms with Crippen molar-refractivity contribution in [2.75, 3.05) is 31.1 Å². The second-order valence-corrected chi connectivity index (χ2v) is 9.68. The highest BCUT2D eigenvalue weighted by molar-refractivity contribution is 6.34. The molecule has 2 aromatic carbocycles. The van der Waals surface area contributed by atoms with Gasteiger partial charge in [0.1, 0.15) is 23.7 Å². The summed E-state index contributed by atoms with van der Waals surface area (Å²) in [5.41, 5.74) is 2.62. The van der Waals surface area contributed by atoms with Crippen LogP contribution in [0, 0.1) is 0 Å². The quantitative estimate of drug-likeness (QED) is 0.352. The standard InChI is InChI=1S/C27H29Cl2N3O3/c1-19(2)35-27(33)25-7-4-8-30-26(25)32-11-9-31(10-12-32)17-20-5-3-6-24(15-20)34-18-21-13-22(28)16-23(29)14-21/h3-8,13-16,19H,9-12,17-18H2,1-2H3. The molecule has 0 N–H and O–H groups in total. The van der Waals surface area contributed by atoms with Crippen molar-refractivity contribution in [3.05, 3.63) is 87.5 Å². The van der Waals surface area contributed by atoms with Gasteiger partial charge in [0.15, 0.2) is 0 Å². The summed E-state index contributed by atoms with van der Waals surface area (Å²) in [6.07, 6.45) is 1.55. The molecular formula is C27H29Cl2N3O3. The van der Waals surface area contributed by atoms with E-state index < -0.39 is 0 Å². The molecule has 0 spiro atoms. The zero-order valence-corrected chi connectivity index (χ0v) is 21.4. The summed E-state index contributed by atoms with van der Waals surface area (Å²) in [5.74, 6) is 1.16. The first-order valence-electron chi connectivity index (χ1n) is 11.7. The molecule has 1 saturated heterocycles. The first-order valence-corrected chi connectivity index (χ1v) is 12.4. The van der Waals surface area contributed by atoms with Crippen LogP contribution in [-0.2, 0) is 17.9 Å². The highest BCUT2D eigenvalue weighted by Gasteiger charge is 2.23. The molecule has 0 radical (unpaired) electrons. The Kier molecular flexibility index (Phi) is 8.50. The molecule has 4 rings (SSSR count). The number of pyridine rings is 1. The molecule has 6 nitrogen and oxygen atoms in total. The number of anilines is 1. The van der Waals surface area contributed by atoms with E-state index in [0.717, 1.165) is 44.0 Å². The molecule has 0 amide bonds. The fourth-order valence-electron chi connectivity index (χ4n) is 4.06. The van der Waals surface area contributed by atoms with Crippen molar-refractivity contribution in [3.63, 3.8) is 0 Å². The van der Waals surface area contributed by atoms with Gasteiger partial charge in [-0.3, -0.25) is 4.90 Å². The fourth-order valence-corrected chi connectivity index (χ4v) is 4.63. The molecule has 1 aliphatic heterocycles. The second kappa shape index (κ2) is 11.8. The molecule has 0 saturated carbocycles. The molecule has 0 unspecified atom stereocenters. The minimum Gasteiger partial charge on any atom is -0.489 e. The van der Waals surface area contributed by atoms with E-state index in [4.69, 9.17) is 32.7 Å². The first-order chi connectivity index (χ1) is 16.9. The maximum absolute atomic E-state index is 12.5. The number of hydrogen-bond acceptors (Lipinski definition) is 6. The van der Waals surface area contributed by atoms with Crippen molar-refractivity contribution in [1.82, 2.24) is 9.88 Å². The molecule has 1 aliphatic rings. The van der Waals surface area contributed by atoms with Gasteiger partial charge in [-0.1, -0.05) is 35.3 Å². The van der Waals surface area contributed by atoms with Gasteiger partial charge in [0.05, 0.1) is 6.10 Å². The van der Waals surface area contributed by atoms with Crippen LogP contribution in [0.4, 0.5) is 5.82 Å². The highest BCUT2D eigenvalue weighted by Crippen LogP contribution is 2.23. The summed E-state index contributed by atoms with van der Waals surface area (Å²) in [6.45, 7) is 8.20. The van der Waals surface area contributed by atoms with E-state index in [9.17, 15) is 4.79 Å². The summed E-state index contributed by atoms with van der Waals surface area (Å²) >= 11 is 12.2. The summed E-state index contributed by atoms with van der Waals surface area (Å²) < 4.78 is 11.4. The monoisotopic (exact) mass is 513 g/mol. The molecule has 184 valence electrons. The van der Waals surface area contributed by atoms with Crippen LogP contribution in [0.3, 0.4) is 0 Å². The number of benzene rings is 2. The molecule has 0 bridgehead atoms. The van der Waals surface area contributed by atoms with Crippen molar-refractivity contribution in [1.29, 1.82) is 0 Å². The third kappa shape index (κ3) is 7.10. The lowest BCUT2D eigenvalue weighted by Crippen LogP contribution is -2.46. The average Bonchev–Trinajstić information content (AvgIpc) is 2.82. The molecule has 3 aromatic rings. The van der Waals surface area contributed by atoms with Crippen LogP contribution in [0.15, 0.2) is 60.8 Å². The smallest absolute Gasteiger partial charge is 0.342 e. The summed E-state index contributed by atoms with van der Waals surface area (Å²) in [4.78, 5) is 21.5. The number of esters is 1. The topological polar surface area (TPSA) is 54.9 Å². The van der Waals surface area contributed by atoms with Gasteiger partial charge in [-0.2, -0.15) is 0 Å². The number of rotatable bonds is 8. The highest BCUT2D eigenvalue weighted by atomic mass is 35.5. The summed E-state index contributed by atoms with van der Waals surface area (Å²) in [5, 5.41) is 1.19. The third-order valence-electron chi connectivity index (χ3n) is 5.65. The van der Waals surface area contributed by atoms with Gasteiger partial charge >= 0.3 is 5.97 Å². The number of carbonyl (C=O) groups is 1. The van der Waals surface area contributed by atoms with Crippen LogP contribution in [0.2, 0.25) is 10.0 Å². The predicted molar refractivity (Wildman–Crippen MR) is 140 cm³/mol. The molecule has 35 heavy (non-hydrogen) atoms. The molecule has 1 fully saturated rings. The zero-order valence-electron chi connectivity index (χ0n) is 19.9. The maximum Gasteiger partial charge on any atom is 0.342 e. The van der Waals surface area contributed by atoms with E-state index in [0.29, 0.717) is 28.0 Å². The van der Waals surface area contributed by atoms with Crippen molar-refractivity contribution in [2.24, 2.45) is 0 Å². The van der Waals surface area contributed by atoms with E-state index in [1.807, 2.05) is 38.1 Å². The number of ether oxygens (including phenoxy) is 2. The van der Waals surface area contributed by atoms with Gasteiger partial charge in [0.2, 0.25) is 0 Å². The van der Waals surface area contributed by atoms with E-state index in [2.05, 4.69) is 26.9 Å². The van der Waals surface area contributed by atoms with Crippen LogP contribution in [-0.4, -0.2) is 48.1 Å². The Morgan fingerprint density at radius 3 is 2.43 bits per heavy atom. The Balaban J connectivity index is 1.33. The lowest BCUT2D eigenvalue weighted by Gasteiger charge is -2.36. The van der Waals surface area contributed by atoms with Crippen molar-refractivity contribution in [2.45, 2.75) is 33.1 Å². The van der Waals surface area contributed by atoms with Crippen LogP contribution in [0.25, 0.3) is 0 Å².